The molecule has 3 aliphatic heterocycles. The Hall–Kier alpha value is -1.82. The molecule has 6 heteroatoms. The fraction of sp³-hybridized carbons (Fsp3) is 0.588. The molecule has 23 heavy (non-hydrogen) atoms. The van der Waals surface area contributed by atoms with Gasteiger partial charge in [0.1, 0.15) is 5.82 Å². The summed E-state index contributed by atoms with van der Waals surface area (Å²) in [6, 6.07) is 5.24. The molecule has 5 nitrogen and oxygen atoms in total. The van der Waals surface area contributed by atoms with E-state index in [2.05, 4.69) is 10.2 Å². The fourth-order valence-electron chi connectivity index (χ4n) is 3.89. The van der Waals surface area contributed by atoms with Gasteiger partial charge in [0.15, 0.2) is 0 Å². The molecule has 124 valence electrons. The minimum Gasteiger partial charge on any atom is -0.371 e. The van der Waals surface area contributed by atoms with Gasteiger partial charge in [-0.05, 0) is 37.5 Å². The third-order valence-corrected chi connectivity index (χ3v) is 5.12. The zero-order chi connectivity index (χ0) is 15.8. The Bertz CT molecular complexity index is 602. The number of rotatable bonds is 2. The number of piperidine rings is 1. The molecule has 1 aromatic rings. The number of hydrogen-bond acceptors (Lipinski definition) is 3. The quantitative estimate of drug-likeness (QED) is 0.907. The number of urea groups is 1. The number of amides is 2. The molecule has 0 aromatic heterocycles. The molecule has 0 spiro atoms. The van der Waals surface area contributed by atoms with Crippen LogP contribution in [0.3, 0.4) is 0 Å². The number of nitrogens with one attached hydrogen (secondary N) is 1. The first-order valence-electron chi connectivity index (χ1n) is 8.57. The molecule has 3 saturated heterocycles. The molecule has 3 fully saturated rings. The summed E-state index contributed by atoms with van der Waals surface area (Å²) in [4.78, 5) is 18.5. The second kappa shape index (κ2) is 6.00. The Balaban J connectivity index is 1.61. The Labute approximate surface area is 136 Å². The summed E-state index contributed by atoms with van der Waals surface area (Å²) in [7, 11) is 0. The number of fused-ring (bicyclic) bond motifs is 1. The van der Waals surface area contributed by atoms with Crippen molar-refractivity contribution in [1.82, 2.24) is 10.2 Å². The van der Waals surface area contributed by atoms with E-state index in [1.807, 2.05) is 11.0 Å². The van der Waals surface area contributed by atoms with Gasteiger partial charge in [0.25, 0.3) is 0 Å². The molecule has 0 unspecified atom stereocenters. The molecule has 2 amide bonds. The summed E-state index contributed by atoms with van der Waals surface area (Å²) >= 11 is 0. The summed E-state index contributed by atoms with van der Waals surface area (Å²) in [6.07, 6.45) is 3.54. The summed E-state index contributed by atoms with van der Waals surface area (Å²) < 4.78 is 14.1. The van der Waals surface area contributed by atoms with Gasteiger partial charge in [0, 0.05) is 45.0 Å². The summed E-state index contributed by atoms with van der Waals surface area (Å²) in [5.41, 5.74) is 1.58. The molecule has 4 rings (SSSR count). The monoisotopic (exact) mass is 318 g/mol. The Kier molecular flexibility index (Phi) is 3.85. The summed E-state index contributed by atoms with van der Waals surface area (Å²) in [5, 5.41) is 3.32. The van der Waals surface area contributed by atoms with Gasteiger partial charge in [-0.3, -0.25) is 4.90 Å². The number of benzene rings is 1. The average Bonchev–Trinajstić information content (AvgIpc) is 2.92. The third-order valence-electron chi connectivity index (χ3n) is 5.12. The van der Waals surface area contributed by atoms with Gasteiger partial charge in [-0.1, -0.05) is 0 Å². The SMILES string of the molecule is O=C1N(c2cc(F)cc(N3CCCCC3)c2)C[C@@H]2CNCCN12. The first-order chi connectivity index (χ1) is 11.2. The fourth-order valence-corrected chi connectivity index (χ4v) is 3.89. The summed E-state index contributed by atoms with van der Waals surface area (Å²) in [5.74, 6) is -0.265. The number of carbonyl (C=O) groups excluding carboxylic acids is 1. The predicted molar refractivity (Wildman–Crippen MR) is 88.6 cm³/mol. The van der Waals surface area contributed by atoms with E-state index in [-0.39, 0.29) is 17.9 Å². The minimum atomic E-state index is -0.265. The van der Waals surface area contributed by atoms with Crippen molar-refractivity contribution < 1.29 is 9.18 Å². The number of hydrogen-bond donors (Lipinski definition) is 1. The number of anilines is 2. The van der Waals surface area contributed by atoms with Crippen molar-refractivity contribution in [3.63, 3.8) is 0 Å². The lowest BCUT2D eigenvalue weighted by atomic mass is 10.1. The van der Waals surface area contributed by atoms with Crippen LogP contribution in [0.2, 0.25) is 0 Å². The van der Waals surface area contributed by atoms with Gasteiger partial charge in [-0.2, -0.15) is 0 Å². The van der Waals surface area contributed by atoms with Crippen LogP contribution in [-0.2, 0) is 0 Å². The van der Waals surface area contributed by atoms with Crippen molar-refractivity contribution in [2.75, 3.05) is 49.1 Å². The number of piperazine rings is 1. The highest BCUT2D eigenvalue weighted by Gasteiger charge is 2.39. The standard InChI is InChI=1S/C17H23FN4O/c18-13-8-14(20-5-2-1-3-6-20)10-15(9-13)22-12-16-11-19-4-7-21(16)17(22)23/h8-10,16,19H,1-7,11-12H2/t16-/m0/s1. The predicted octanol–water partition coefficient (Wildman–Crippen LogP) is 2.03. The number of carbonyl (C=O) groups is 1. The van der Waals surface area contributed by atoms with E-state index in [1.54, 1.807) is 11.0 Å². The van der Waals surface area contributed by atoms with Gasteiger partial charge < -0.3 is 15.1 Å². The van der Waals surface area contributed by atoms with Crippen LogP contribution in [0.4, 0.5) is 20.6 Å². The van der Waals surface area contributed by atoms with Crippen LogP contribution in [0.15, 0.2) is 18.2 Å². The van der Waals surface area contributed by atoms with Crippen molar-refractivity contribution in [2.24, 2.45) is 0 Å². The van der Waals surface area contributed by atoms with Crippen molar-refractivity contribution in [2.45, 2.75) is 25.3 Å². The lowest BCUT2D eigenvalue weighted by Crippen LogP contribution is -2.49. The smallest absolute Gasteiger partial charge is 0.324 e. The maximum Gasteiger partial charge on any atom is 0.324 e. The van der Waals surface area contributed by atoms with Crippen LogP contribution in [-0.4, -0.2) is 56.2 Å². The Morgan fingerprint density at radius 2 is 1.83 bits per heavy atom. The highest BCUT2D eigenvalue weighted by Crippen LogP contribution is 2.30. The summed E-state index contributed by atoms with van der Waals surface area (Å²) in [6.45, 7) is 4.95. The molecule has 0 radical (unpaired) electrons. The van der Waals surface area contributed by atoms with Crippen molar-refractivity contribution in [3.8, 4) is 0 Å². The van der Waals surface area contributed by atoms with E-state index in [0.29, 0.717) is 12.2 Å². The van der Waals surface area contributed by atoms with E-state index >= 15 is 0 Å². The lowest BCUT2D eigenvalue weighted by molar-refractivity contribution is 0.193. The van der Waals surface area contributed by atoms with Crippen LogP contribution >= 0.6 is 0 Å². The second-order valence-electron chi connectivity index (χ2n) is 6.66. The van der Waals surface area contributed by atoms with E-state index in [1.165, 1.54) is 12.5 Å². The molecule has 3 aliphatic rings. The Morgan fingerprint density at radius 3 is 2.61 bits per heavy atom. The van der Waals surface area contributed by atoms with E-state index in [4.69, 9.17) is 0 Å². The zero-order valence-corrected chi connectivity index (χ0v) is 13.3. The number of halogens is 1. The maximum atomic E-state index is 14.1. The van der Waals surface area contributed by atoms with Gasteiger partial charge in [-0.25, -0.2) is 9.18 Å². The molecule has 0 saturated carbocycles. The average molecular weight is 318 g/mol. The van der Waals surface area contributed by atoms with Gasteiger partial charge >= 0.3 is 6.03 Å². The molecule has 1 aromatic carbocycles. The number of nitrogens with zero attached hydrogens (tertiary/aromatic N) is 3. The lowest BCUT2D eigenvalue weighted by Gasteiger charge is -2.30. The van der Waals surface area contributed by atoms with E-state index in [9.17, 15) is 9.18 Å². The maximum absolute atomic E-state index is 14.1. The normalized spacial score (nSPS) is 25.0. The first-order valence-corrected chi connectivity index (χ1v) is 8.57. The van der Waals surface area contributed by atoms with Gasteiger partial charge in [0.2, 0.25) is 0 Å². The molecular weight excluding hydrogens is 295 g/mol. The second-order valence-corrected chi connectivity index (χ2v) is 6.66. The van der Waals surface area contributed by atoms with E-state index < -0.39 is 0 Å². The minimum absolute atomic E-state index is 0.00620. The van der Waals surface area contributed by atoms with Crippen LogP contribution < -0.4 is 15.1 Å². The van der Waals surface area contributed by atoms with Crippen LogP contribution in [0.25, 0.3) is 0 Å². The molecule has 0 aliphatic carbocycles. The van der Waals surface area contributed by atoms with Crippen LogP contribution in [0.5, 0.6) is 0 Å². The topological polar surface area (TPSA) is 38.8 Å². The molecular formula is C17H23FN4O. The van der Waals surface area contributed by atoms with Crippen molar-refractivity contribution in [3.05, 3.63) is 24.0 Å². The van der Waals surface area contributed by atoms with Crippen LogP contribution in [0.1, 0.15) is 19.3 Å². The largest absolute Gasteiger partial charge is 0.371 e. The Morgan fingerprint density at radius 1 is 1.04 bits per heavy atom. The van der Waals surface area contributed by atoms with Gasteiger partial charge in [-0.15, -0.1) is 0 Å². The van der Waals surface area contributed by atoms with Crippen molar-refractivity contribution in [1.29, 1.82) is 0 Å². The molecule has 1 N–H and O–H groups in total. The molecule has 1 atom stereocenters. The van der Waals surface area contributed by atoms with Gasteiger partial charge in [0.05, 0.1) is 11.7 Å². The molecule has 3 heterocycles. The highest BCUT2D eigenvalue weighted by atomic mass is 19.1. The highest BCUT2D eigenvalue weighted by molar-refractivity contribution is 5.95. The first kappa shape index (κ1) is 14.8. The van der Waals surface area contributed by atoms with Crippen molar-refractivity contribution >= 4 is 17.4 Å². The van der Waals surface area contributed by atoms with E-state index in [0.717, 1.165) is 51.3 Å². The molecule has 0 bridgehead atoms. The third kappa shape index (κ3) is 2.76. The zero-order valence-electron chi connectivity index (χ0n) is 13.3. The van der Waals surface area contributed by atoms with Crippen LogP contribution in [0, 0.1) is 5.82 Å².